The number of thioether (sulfide) groups is 1. The Morgan fingerprint density at radius 1 is 0.946 bits per heavy atom. The molecule has 1 atom stereocenters. The molecule has 0 radical (unpaired) electrons. The molecule has 0 saturated carbocycles. The van der Waals surface area contributed by atoms with Crippen molar-refractivity contribution in [3.8, 4) is 22.9 Å². The Morgan fingerprint density at radius 2 is 1.59 bits per heavy atom. The van der Waals surface area contributed by atoms with Crippen LogP contribution in [0, 0.1) is 5.82 Å². The van der Waals surface area contributed by atoms with Crippen LogP contribution in [0.5, 0.6) is 17.2 Å². The van der Waals surface area contributed by atoms with Crippen molar-refractivity contribution in [2.75, 3.05) is 7.11 Å². The van der Waals surface area contributed by atoms with Crippen LogP contribution in [-0.4, -0.2) is 39.5 Å². The number of halogens is 3. The number of rotatable bonds is 11. The van der Waals surface area contributed by atoms with Crippen LogP contribution in [0.3, 0.4) is 0 Å². The number of ether oxygens (including phenoxy) is 3. The third-order valence-corrected chi connectivity index (χ3v) is 6.28. The highest BCUT2D eigenvalue weighted by molar-refractivity contribution is 8.00. The van der Waals surface area contributed by atoms with Gasteiger partial charge in [0.25, 0.3) is 0 Å². The lowest BCUT2D eigenvalue weighted by Crippen LogP contribution is -2.15. The van der Waals surface area contributed by atoms with Gasteiger partial charge in [0.05, 0.1) is 18.0 Å². The molecule has 0 amide bonds. The molecule has 4 rings (SSSR count). The summed E-state index contributed by atoms with van der Waals surface area (Å²) >= 11 is 1.09. The van der Waals surface area contributed by atoms with Gasteiger partial charge in [-0.3, -0.25) is 9.36 Å². The molecule has 11 heteroatoms. The van der Waals surface area contributed by atoms with E-state index in [-0.39, 0.29) is 29.0 Å². The number of Topliss-reactive ketones (excluding diaryl/α,β-unsaturated/α-hetero) is 1. The van der Waals surface area contributed by atoms with Crippen LogP contribution >= 0.6 is 11.8 Å². The van der Waals surface area contributed by atoms with Crippen molar-refractivity contribution in [2.45, 2.75) is 30.5 Å². The molecule has 3 aromatic carbocycles. The predicted molar refractivity (Wildman–Crippen MR) is 131 cm³/mol. The Labute approximate surface area is 215 Å². The molecule has 0 aliphatic heterocycles. The van der Waals surface area contributed by atoms with Gasteiger partial charge >= 0.3 is 6.61 Å². The zero-order valence-corrected chi connectivity index (χ0v) is 20.6. The Kier molecular flexibility index (Phi) is 8.34. The number of para-hydroxylation sites is 1. The van der Waals surface area contributed by atoms with Gasteiger partial charge in [0.2, 0.25) is 0 Å². The van der Waals surface area contributed by atoms with Crippen molar-refractivity contribution in [1.82, 2.24) is 14.8 Å². The van der Waals surface area contributed by atoms with Crippen LogP contribution in [-0.2, 0) is 6.61 Å². The first-order valence-corrected chi connectivity index (χ1v) is 12.0. The number of methoxy groups -OCH3 is 1. The van der Waals surface area contributed by atoms with Crippen molar-refractivity contribution < 1.29 is 32.2 Å². The number of aromatic nitrogens is 3. The van der Waals surface area contributed by atoms with E-state index >= 15 is 0 Å². The third kappa shape index (κ3) is 6.42. The molecule has 4 aromatic rings. The first-order valence-electron chi connectivity index (χ1n) is 11.1. The minimum atomic E-state index is -2.95. The number of benzene rings is 3. The van der Waals surface area contributed by atoms with Crippen LogP contribution in [0.1, 0.15) is 23.1 Å². The van der Waals surface area contributed by atoms with E-state index < -0.39 is 17.7 Å². The van der Waals surface area contributed by atoms with Crippen molar-refractivity contribution >= 4 is 17.5 Å². The average Bonchev–Trinajstić information content (AvgIpc) is 3.29. The molecular weight excluding hydrogens is 507 g/mol. The molecule has 0 aliphatic carbocycles. The number of nitrogens with zero attached hydrogens (tertiary/aromatic N) is 3. The molecule has 0 bridgehead atoms. The van der Waals surface area contributed by atoms with Crippen molar-refractivity contribution in [3.63, 3.8) is 0 Å². The molecule has 1 aromatic heterocycles. The van der Waals surface area contributed by atoms with Gasteiger partial charge in [0.15, 0.2) is 16.8 Å². The fraction of sp³-hybridized carbons (Fsp3) is 0.192. The molecule has 0 aliphatic rings. The van der Waals surface area contributed by atoms with Crippen molar-refractivity contribution in [3.05, 3.63) is 90.0 Å². The van der Waals surface area contributed by atoms with Gasteiger partial charge in [-0.1, -0.05) is 23.9 Å². The topological polar surface area (TPSA) is 75.5 Å². The maximum atomic E-state index is 14.8. The zero-order chi connectivity index (χ0) is 26.4. The summed E-state index contributed by atoms with van der Waals surface area (Å²) in [6.45, 7) is -1.30. The first-order chi connectivity index (χ1) is 17.9. The largest absolute Gasteiger partial charge is 0.497 e. The third-order valence-electron chi connectivity index (χ3n) is 5.24. The van der Waals surface area contributed by atoms with E-state index in [1.807, 2.05) is 0 Å². The van der Waals surface area contributed by atoms with Gasteiger partial charge in [-0.2, -0.15) is 8.78 Å². The summed E-state index contributed by atoms with van der Waals surface area (Å²) in [5.41, 5.74) is 0.512. The zero-order valence-electron chi connectivity index (χ0n) is 19.8. The van der Waals surface area contributed by atoms with Crippen LogP contribution in [0.2, 0.25) is 0 Å². The smallest absolute Gasteiger partial charge is 0.387 e. The molecule has 0 fully saturated rings. The second-order valence-corrected chi connectivity index (χ2v) is 8.98. The Balaban J connectivity index is 1.56. The van der Waals surface area contributed by atoms with E-state index in [0.29, 0.717) is 22.9 Å². The number of carbonyl (C=O) groups is 1. The summed E-state index contributed by atoms with van der Waals surface area (Å²) < 4.78 is 56.4. The summed E-state index contributed by atoms with van der Waals surface area (Å²) in [5.74, 6) is 0.747. The van der Waals surface area contributed by atoms with Gasteiger partial charge in [-0.05, 0) is 67.6 Å². The van der Waals surface area contributed by atoms with E-state index in [1.165, 1.54) is 34.9 Å². The normalized spacial score (nSPS) is 11.8. The summed E-state index contributed by atoms with van der Waals surface area (Å²) in [5, 5.41) is 8.02. The molecule has 7 nitrogen and oxygen atoms in total. The Morgan fingerprint density at radius 3 is 2.24 bits per heavy atom. The summed E-state index contributed by atoms with van der Waals surface area (Å²) in [6.07, 6.45) is 0. The molecular formula is C26H22F3N3O4S. The van der Waals surface area contributed by atoms with Gasteiger partial charge in [-0.25, -0.2) is 4.39 Å². The highest BCUT2D eigenvalue weighted by atomic mass is 32.2. The minimum absolute atomic E-state index is 0.0118. The van der Waals surface area contributed by atoms with Crippen molar-refractivity contribution in [2.24, 2.45) is 0 Å². The molecule has 0 N–H and O–H groups in total. The fourth-order valence-electron chi connectivity index (χ4n) is 3.41. The highest BCUT2D eigenvalue weighted by Crippen LogP contribution is 2.30. The minimum Gasteiger partial charge on any atom is -0.497 e. The molecule has 37 heavy (non-hydrogen) atoms. The van der Waals surface area contributed by atoms with E-state index in [1.54, 1.807) is 56.5 Å². The summed E-state index contributed by atoms with van der Waals surface area (Å²) in [7, 11) is 1.56. The quantitative estimate of drug-likeness (QED) is 0.175. The Hall–Kier alpha value is -3.99. The van der Waals surface area contributed by atoms with Crippen LogP contribution < -0.4 is 14.2 Å². The monoisotopic (exact) mass is 529 g/mol. The lowest BCUT2D eigenvalue weighted by molar-refractivity contribution is -0.0498. The van der Waals surface area contributed by atoms with E-state index in [0.717, 1.165) is 11.8 Å². The van der Waals surface area contributed by atoms with Gasteiger partial charge in [-0.15, -0.1) is 10.2 Å². The number of carbonyl (C=O) groups excluding carboxylic acids is 1. The number of ketones is 1. The predicted octanol–water partition coefficient (Wildman–Crippen LogP) is 5.96. The van der Waals surface area contributed by atoms with E-state index in [4.69, 9.17) is 9.47 Å². The lowest BCUT2D eigenvalue weighted by Gasteiger charge is -2.14. The van der Waals surface area contributed by atoms with Gasteiger partial charge in [0.1, 0.15) is 29.7 Å². The molecule has 0 unspecified atom stereocenters. The van der Waals surface area contributed by atoms with Crippen molar-refractivity contribution in [1.29, 1.82) is 0 Å². The number of hydrogen-bond acceptors (Lipinski definition) is 7. The maximum absolute atomic E-state index is 14.8. The number of hydrogen-bond donors (Lipinski definition) is 0. The summed E-state index contributed by atoms with van der Waals surface area (Å²) in [4.78, 5) is 13.0. The van der Waals surface area contributed by atoms with Gasteiger partial charge < -0.3 is 14.2 Å². The van der Waals surface area contributed by atoms with Gasteiger partial charge in [0, 0.05) is 5.56 Å². The molecule has 0 spiro atoms. The molecule has 0 saturated heterocycles. The standard InChI is InChI=1S/C26H22F3N3O4S/c1-16(24(33)17-7-9-20(10-8-17)36-25(28)29)37-26-31-30-23(32(26)22-6-4-3-5-21(22)27)15-35-19-13-11-18(34-2)12-14-19/h3-14,16,25H,15H2,1-2H3/t16-/m0/s1. The van der Waals surface area contributed by atoms with E-state index in [2.05, 4.69) is 14.9 Å². The first kappa shape index (κ1) is 26.1. The highest BCUT2D eigenvalue weighted by Gasteiger charge is 2.24. The second-order valence-electron chi connectivity index (χ2n) is 7.68. The SMILES string of the molecule is COc1ccc(OCc2nnc(S[C@@H](C)C(=O)c3ccc(OC(F)F)cc3)n2-c2ccccc2F)cc1. The van der Waals surface area contributed by atoms with Crippen LogP contribution in [0.25, 0.3) is 5.69 Å². The maximum Gasteiger partial charge on any atom is 0.387 e. The Bertz CT molecular complexity index is 1350. The lowest BCUT2D eigenvalue weighted by atomic mass is 10.1. The van der Waals surface area contributed by atoms with Crippen LogP contribution in [0.15, 0.2) is 78.0 Å². The summed E-state index contributed by atoms with van der Waals surface area (Å²) in [6, 6.07) is 18.5. The fourth-order valence-corrected chi connectivity index (χ4v) is 4.37. The molecule has 1 heterocycles. The van der Waals surface area contributed by atoms with E-state index in [9.17, 15) is 18.0 Å². The van der Waals surface area contributed by atoms with Crippen LogP contribution in [0.4, 0.5) is 13.2 Å². The number of alkyl halides is 2. The second kappa shape index (κ2) is 11.8. The average molecular weight is 530 g/mol. The molecule has 192 valence electrons.